The highest BCUT2D eigenvalue weighted by atomic mass is 16.2. The molecule has 0 aromatic carbocycles. The fraction of sp³-hybridized carbons (Fsp3) is 0.938. The van der Waals surface area contributed by atoms with Crippen molar-refractivity contribution in [1.29, 1.82) is 0 Å². The summed E-state index contributed by atoms with van der Waals surface area (Å²) in [5, 5.41) is 3.53. The fourth-order valence-electron chi connectivity index (χ4n) is 3.18. The van der Waals surface area contributed by atoms with Gasteiger partial charge in [-0.2, -0.15) is 0 Å². The Hall–Kier alpha value is -0.570. The number of unbranched alkanes of at least 4 members (excludes halogenated alkanes) is 1. The average Bonchev–Trinajstić information content (AvgIpc) is 3.21. The molecule has 2 aliphatic rings. The quantitative estimate of drug-likeness (QED) is 0.732. The first kappa shape index (κ1) is 14.8. The molecule has 3 heteroatoms. The van der Waals surface area contributed by atoms with Crippen LogP contribution in [0.25, 0.3) is 0 Å². The minimum Gasteiger partial charge on any atom is -0.338 e. The van der Waals surface area contributed by atoms with Crippen LogP contribution in [0.15, 0.2) is 0 Å². The van der Waals surface area contributed by atoms with E-state index in [2.05, 4.69) is 24.1 Å². The number of rotatable bonds is 8. The largest absolute Gasteiger partial charge is 0.338 e. The predicted molar refractivity (Wildman–Crippen MR) is 79.1 cm³/mol. The Morgan fingerprint density at radius 3 is 2.63 bits per heavy atom. The van der Waals surface area contributed by atoms with Crippen LogP contribution in [0.2, 0.25) is 0 Å². The highest BCUT2D eigenvalue weighted by Crippen LogP contribution is 2.25. The summed E-state index contributed by atoms with van der Waals surface area (Å²) in [6, 6.07) is 1.23. The highest BCUT2D eigenvalue weighted by Gasteiger charge is 2.35. The monoisotopic (exact) mass is 266 g/mol. The van der Waals surface area contributed by atoms with Gasteiger partial charge < -0.3 is 10.2 Å². The van der Waals surface area contributed by atoms with Gasteiger partial charge in [-0.25, -0.2) is 0 Å². The van der Waals surface area contributed by atoms with E-state index in [1.807, 2.05) is 0 Å². The second kappa shape index (κ2) is 7.28. The first-order valence-corrected chi connectivity index (χ1v) is 8.32. The van der Waals surface area contributed by atoms with Gasteiger partial charge in [-0.1, -0.05) is 33.1 Å². The smallest absolute Gasteiger partial charge is 0.239 e. The van der Waals surface area contributed by atoms with Gasteiger partial charge in [0.1, 0.15) is 0 Å². The third-order valence-corrected chi connectivity index (χ3v) is 4.44. The third kappa shape index (κ3) is 4.20. The van der Waals surface area contributed by atoms with Gasteiger partial charge in [-0.15, -0.1) is 0 Å². The Balaban J connectivity index is 1.92. The lowest BCUT2D eigenvalue weighted by atomic mass is 9.97. The van der Waals surface area contributed by atoms with Crippen LogP contribution in [-0.4, -0.2) is 35.5 Å². The number of likely N-dealkylation sites (tertiary alicyclic amines) is 1. The van der Waals surface area contributed by atoms with Crippen molar-refractivity contribution in [1.82, 2.24) is 10.2 Å². The number of nitrogens with one attached hydrogen (secondary N) is 1. The van der Waals surface area contributed by atoms with Crippen LogP contribution in [0.1, 0.15) is 71.6 Å². The van der Waals surface area contributed by atoms with Gasteiger partial charge in [-0.3, -0.25) is 4.79 Å². The molecule has 2 fully saturated rings. The summed E-state index contributed by atoms with van der Waals surface area (Å²) in [7, 11) is 0. The number of hydrogen-bond donors (Lipinski definition) is 1. The van der Waals surface area contributed by atoms with Crippen molar-refractivity contribution in [3.63, 3.8) is 0 Å². The van der Waals surface area contributed by atoms with Crippen LogP contribution in [0, 0.1) is 0 Å². The van der Waals surface area contributed by atoms with Crippen molar-refractivity contribution in [2.45, 2.75) is 89.8 Å². The predicted octanol–water partition coefficient (Wildman–Crippen LogP) is 3.09. The molecular formula is C16H30N2O. The van der Waals surface area contributed by atoms with Crippen LogP contribution in [-0.2, 0) is 4.79 Å². The van der Waals surface area contributed by atoms with E-state index in [1.165, 1.54) is 51.4 Å². The van der Waals surface area contributed by atoms with Gasteiger partial charge in [0.2, 0.25) is 5.91 Å². The van der Waals surface area contributed by atoms with Gasteiger partial charge in [0.15, 0.2) is 0 Å². The maximum Gasteiger partial charge on any atom is 0.239 e. The molecule has 1 saturated carbocycles. The summed E-state index contributed by atoms with van der Waals surface area (Å²) >= 11 is 0. The molecule has 2 atom stereocenters. The average molecular weight is 266 g/mol. The zero-order chi connectivity index (χ0) is 13.7. The van der Waals surface area contributed by atoms with E-state index in [0.29, 0.717) is 18.0 Å². The zero-order valence-electron chi connectivity index (χ0n) is 12.7. The lowest BCUT2D eigenvalue weighted by Crippen LogP contribution is -2.54. The van der Waals surface area contributed by atoms with E-state index >= 15 is 0 Å². The van der Waals surface area contributed by atoms with Crippen molar-refractivity contribution in [2.24, 2.45) is 0 Å². The van der Waals surface area contributed by atoms with E-state index in [9.17, 15) is 4.79 Å². The second-order valence-corrected chi connectivity index (χ2v) is 6.25. The summed E-state index contributed by atoms with van der Waals surface area (Å²) in [6.07, 6.45) is 10.7. The van der Waals surface area contributed by atoms with E-state index in [4.69, 9.17) is 0 Å². The molecule has 19 heavy (non-hydrogen) atoms. The van der Waals surface area contributed by atoms with Gasteiger partial charge in [-0.05, 0) is 38.5 Å². The van der Waals surface area contributed by atoms with Crippen LogP contribution in [0.5, 0.6) is 0 Å². The van der Waals surface area contributed by atoms with Crippen LogP contribution in [0.3, 0.4) is 0 Å². The van der Waals surface area contributed by atoms with Crippen molar-refractivity contribution in [3.05, 3.63) is 0 Å². The fourth-order valence-corrected chi connectivity index (χ4v) is 3.18. The molecule has 2 unspecified atom stereocenters. The molecule has 1 N–H and O–H groups in total. The number of nitrogens with zero attached hydrogens (tertiary/aromatic N) is 1. The number of carbonyl (C=O) groups excluding carboxylic acids is 1. The molecule has 0 radical (unpaired) electrons. The Kier molecular flexibility index (Phi) is 5.68. The lowest BCUT2D eigenvalue weighted by molar-refractivity contribution is -0.139. The number of piperidine rings is 1. The summed E-state index contributed by atoms with van der Waals surface area (Å²) < 4.78 is 0. The molecule has 0 spiro atoms. The summed E-state index contributed by atoms with van der Waals surface area (Å²) in [4.78, 5) is 14.8. The molecule has 1 heterocycles. The van der Waals surface area contributed by atoms with Crippen molar-refractivity contribution < 1.29 is 4.79 Å². The minimum atomic E-state index is 0.113. The summed E-state index contributed by atoms with van der Waals surface area (Å²) in [5.74, 6) is 0.382. The van der Waals surface area contributed by atoms with E-state index in [0.717, 1.165) is 13.0 Å². The van der Waals surface area contributed by atoms with E-state index in [1.54, 1.807) is 0 Å². The standard InChI is InChI=1S/C16H30N2O/c1-3-5-8-14(7-4-2)18-12-6-9-15(16(18)19)17-13-10-11-13/h13-15,17H,3-12H2,1-2H3. The summed E-state index contributed by atoms with van der Waals surface area (Å²) in [5.41, 5.74) is 0. The Labute approximate surface area is 118 Å². The second-order valence-electron chi connectivity index (χ2n) is 6.25. The van der Waals surface area contributed by atoms with Gasteiger partial charge >= 0.3 is 0 Å². The molecular weight excluding hydrogens is 236 g/mol. The molecule has 1 amide bonds. The number of carbonyl (C=O) groups is 1. The molecule has 3 nitrogen and oxygen atoms in total. The molecule has 2 rings (SSSR count). The molecule has 1 aliphatic carbocycles. The highest BCUT2D eigenvalue weighted by molar-refractivity contribution is 5.83. The molecule has 0 aromatic rings. The van der Waals surface area contributed by atoms with Crippen LogP contribution in [0.4, 0.5) is 0 Å². The lowest BCUT2D eigenvalue weighted by Gasteiger charge is -2.38. The minimum absolute atomic E-state index is 0.113. The topological polar surface area (TPSA) is 32.3 Å². The first-order chi connectivity index (χ1) is 9.26. The molecule has 0 aromatic heterocycles. The zero-order valence-corrected chi connectivity index (χ0v) is 12.7. The molecule has 1 aliphatic heterocycles. The van der Waals surface area contributed by atoms with Gasteiger partial charge in [0, 0.05) is 18.6 Å². The Bertz CT molecular complexity index is 288. The van der Waals surface area contributed by atoms with Crippen molar-refractivity contribution >= 4 is 5.91 Å². The maximum atomic E-state index is 12.6. The Morgan fingerprint density at radius 2 is 2.00 bits per heavy atom. The van der Waals surface area contributed by atoms with Crippen molar-refractivity contribution in [2.75, 3.05) is 6.54 Å². The van der Waals surface area contributed by atoms with E-state index in [-0.39, 0.29) is 6.04 Å². The normalized spacial score (nSPS) is 25.7. The van der Waals surface area contributed by atoms with Crippen LogP contribution < -0.4 is 5.32 Å². The first-order valence-electron chi connectivity index (χ1n) is 8.32. The van der Waals surface area contributed by atoms with Crippen LogP contribution >= 0.6 is 0 Å². The SMILES string of the molecule is CCCCC(CCC)N1CCCC(NC2CC2)C1=O. The van der Waals surface area contributed by atoms with Crippen molar-refractivity contribution in [3.8, 4) is 0 Å². The molecule has 110 valence electrons. The maximum absolute atomic E-state index is 12.6. The third-order valence-electron chi connectivity index (χ3n) is 4.44. The van der Waals surface area contributed by atoms with Gasteiger partial charge in [0.25, 0.3) is 0 Å². The molecule has 0 bridgehead atoms. The number of hydrogen-bond acceptors (Lipinski definition) is 2. The number of amides is 1. The molecule has 1 saturated heterocycles. The Morgan fingerprint density at radius 1 is 1.21 bits per heavy atom. The van der Waals surface area contributed by atoms with Gasteiger partial charge in [0.05, 0.1) is 6.04 Å². The van der Waals surface area contributed by atoms with E-state index < -0.39 is 0 Å². The summed E-state index contributed by atoms with van der Waals surface area (Å²) in [6.45, 7) is 5.45.